The second-order valence-corrected chi connectivity index (χ2v) is 3.77. The van der Waals surface area contributed by atoms with Crippen molar-refractivity contribution in [2.24, 2.45) is 0 Å². The Morgan fingerprint density at radius 1 is 1.22 bits per heavy atom. The van der Waals surface area contributed by atoms with Gasteiger partial charge in [0.2, 0.25) is 0 Å². The van der Waals surface area contributed by atoms with Crippen LogP contribution in [0.2, 0.25) is 5.02 Å². The predicted molar refractivity (Wildman–Crippen MR) is 60.0 cm³/mol. The van der Waals surface area contributed by atoms with E-state index in [2.05, 4.69) is 9.72 Å². The zero-order valence-corrected chi connectivity index (χ0v) is 9.84. The molecule has 0 bridgehead atoms. The van der Waals surface area contributed by atoms with Gasteiger partial charge in [0.05, 0.1) is 17.6 Å². The van der Waals surface area contributed by atoms with Crippen LogP contribution < -0.4 is 9.47 Å². The normalized spacial score (nSPS) is 11.6. The molecule has 0 unspecified atom stereocenters. The molecule has 96 valence electrons. The van der Waals surface area contributed by atoms with Gasteiger partial charge in [-0.2, -0.15) is 0 Å². The Morgan fingerprint density at radius 3 is 2.56 bits per heavy atom. The molecule has 2 aromatic rings. The lowest BCUT2D eigenvalue weighted by atomic mass is 10.2. The highest BCUT2D eigenvalue weighted by Crippen LogP contribution is 2.37. The molecular formula is C11H7ClF3NO2. The number of rotatable bonds is 2. The molecule has 1 heterocycles. The van der Waals surface area contributed by atoms with Crippen molar-refractivity contribution in [3.8, 4) is 11.5 Å². The Hall–Kier alpha value is -1.69. The van der Waals surface area contributed by atoms with E-state index < -0.39 is 12.1 Å². The minimum Gasteiger partial charge on any atom is -0.493 e. The summed E-state index contributed by atoms with van der Waals surface area (Å²) >= 11 is 5.91. The minimum atomic E-state index is -4.79. The van der Waals surface area contributed by atoms with Crippen molar-refractivity contribution in [2.75, 3.05) is 7.11 Å². The summed E-state index contributed by atoms with van der Waals surface area (Å²) in [6, 6.07) is 4.02. The second kappa shape index (κ2) is 4.53. The van der Waals surface area contributed by atoms with E-state index in [1.165, 1.54) is 25.4 Å². The first-order valence-electron chi connectivity index (χ1n) is 4.79. The largest absolute Gasteiger partial charge is 0.573 e. The minimum absolute atomic E-state index is 0.0604. The van der Waals surface area contributed by atoms with Crippen LogP contribution in [0.25, 0.3) is 10.9 Å². The molecule has 0 aliphatic rings. The molecule has 18 heavy (non-hydrogen) atoms. The number of alkyl halides is 3. The van der Waals surface area contributed by atoms with Crippen LogP contribution in [0.5, 0.6) is 11.5 Å². The average molecular weight is 278 g/mol. The molecule has 0 N–H and O–H groups in total. The Bertz CT molecular complexity index is 586. The maximum absolute atomic E-state index is 12.2. The smallest absolute Gasteiger partial charge is 0.493 e. The van der Waals surface area contributed by atoms with Gasteiger partial charge in [-0.05, 0) is 12.1 Å². The summed E-state index contributed by atoms with van der Waals surface area (Å²) in [7, 11) is 1.24. The van der Waals surface area contributed by atoms with E-state index >= 15 is 0 Å². The molecule has 0 saturated carbocycles. The van der Waals surface area contributed by atoms with Crippen LogP contribution in [-0.2, 0) is 0 Å². The van der Waals surface area contributed by atoms with E-state index in [4.69, 9.17) is 16.3 Å². The van der Waals surface area contributed by atoms with Crippen molar-refractivity contribution < 1.29 is 22.6 Å². The maximum Gasteiger partial charge on any atom is 0.573 e. The molecule has 1 aromatic carbocycles. The Balaban J connectivity index is 2.59. The van der Waals surface area contributed by atoms with Crippen molar-refractivity contribution in [1.82, 2.24) is 4.98 Å². The molecule has 0 fully saturated rings. The van der Waals surface area contributed by atoms with Gasteiger partial charge in [0, 0.05) is 17.6 Å². The van der Waals surface area contributed by atoms with Crippen molar-refractivity contribution in [3.05, 3.63) is 29.4 Å². The lowest BCUT2D eigenvalue weighted by molar-refractivity contribution is -0.275. The number of nitrogens with zero attached hydrogens (tertiary/aromatic N) is 1. The first kappa shape index (κ1) is 12.8. The molecule has 7 heteroatoms. The Labute approximate surface area is 105 Å². The van der Waals surface area contributed by atoms with E-state index in [9.17, 15) is 13.2 Å². The van der Waals surface area contributed by atoms with Gasteiger partial charge < -0.3 is 9.47 Å². The van der Waals surface area contributed by atoms with Gasteiger partial charge in [0.1, 0.15) is 0 Å². The van der Waals surface area contributed by atoms with Crippen LogP contribution in [0.15, 0.2) is 24.4 Å². The zero-order chi connectivity index (χ0) is 13.3. The number of hydrogen-bond donors (Lipinski definition) is 0. The third kappa shape index (κ3) is 2.59. The second-order valence-electron chi connectivity index (χ2n) is 3.36. The van der Waals surface area contributed by atoms with E-state index in [0.29, 0.717) is 15.9 Å². The molecule has 1 aromatic heterocycles. The van der Waals surface area contributed by atoms with Crippen molar-refractivity contribution >= 4 is 22.5 Å². The van der Waals surface area contributed by atoms with Gasteiger partial charge >= 0.3 is 6.36 Å². The van der Waals surface area contributed by atoms with Crippen LogP contribution in [0.4, 0.5) is 13.2 Å². The molecule has 0 aliphatic heterocycles. The molecular weight excluding hydrogens is 271 g/mol. The lowest BCUT2D eigenvalue weighted by Gasteiger charge is -2.13. The summed E-state index contributed by atoms with van der Waals surface area (Å²) in [6.07, 6.45) is -3.39. The molecule has 0 saturated heterocycles. The van der Waals surface area contributed by atoms with Gasteiger partial charge in [-0.15, -0.1) is 13.2 Å². The highest BCUT2D eigenvalue weighted by atomic mass is 35.5. The lowest BCUT2D eigenvalue weighted by Crippen LogP contribution is -2.17. The van der Waals surface area contributed by atoms with E-state index in [-0.39, 0.29) is 5.75 Å². The zero-order valence-electron chi connectivity index (χ0n) is 9.08. The van der Waals surface area contributed by atoms with Crippen molar-refractivity contribution in [2.45, 2.75) is 6.36 Å². The number of hydrogen-bond acceptors (Lipinski definition) is 3. The molecule has 0 atom stereocenters. The quantitative estimate of drug-likeness (QED) is 0.837. The van der Waals surface area contributed by atoms with Crippen LogP contribution >= 0.6 is 11.6 Å². The summed E-state index contributed by atoms with van der Waals surface area (Å²) in [6.45, 7) is 0. The molecule has 0 amide bonds. The molecule has 2 rings (SSSR count). The van der Waals surface area contributed by atoms with Crippen molar-refractivity contribution in [1.29, 1.82) is 0 Å². The van der Waals surface area contributed by atoms with Crippen LogP contribution in [0.3, 0.4) is 0 Å². The molecule has 0 radical (unpaired) electrons. The van der Waals surface area contributed by atoms with E-state index in [0.717, 1.165) is 6.07 Å². The van der Waals surface area contributed by atoms with Gasteiger partial charge in [-0.25, -0.2) is 0 Å². The summed E-state index contributed by atoms with van der Waals surface area (Å²) < 4.78 is 45.3. The summed E-state index contributed by atoms with van der Waals surface area (Å²) in [5.74, 6) is -0.512. The highest BCUT2D eigenvalue weighted by molar-refractivity contribution is 6.35. The fourth-order valence-electron chi connectivity index (χ4n) is 1.48. The molecule has 0 spiro atoms. The summed E-state index contributed by atoms with van der Waals surface area (Å²) in [5, 5.41) is 0.863. The SMILES string of the molecule is COc1cc2c(Cl)ccnc2cc1OC(F)(F)F. The fourth-order valence-corrected chi connectivity index (χ4v) is 1.69. The van der Waals surface area contributed by atoms with Crippen LogP contribution in [0.1, 0.15) is 0 Å². The average Bonchev–Trinajstić information content (AvgIpc) is 2.26. The number of fused-ring (bicyclic) bond motifs is 1. The standard InChI is InChI=1S/C11H7ClF3NO2/c1-17-9-4-6-7(12)2-3-16-8(6)5-10(9)18-11(13,14)15/h2-5H,1H3. The first-order valence-corrected chi connectivity index (χ1v) is 5.16. The first-order chi connectivity index (χ1) is 8.40. The number of methoxy groups -OCH3 is 1. The van der Waals surface area contributed by atoms with E-state index in [1.54, 1.807) is 0 Å². The predicted octanol–water partition coefficient (Wildman–Crippen LogP) is 3.80. The number of halogens is 4. The number of benzene rings is 1. The number of pyridine rings is 1. The van der Waals surface area contributed by atoms with Gasteiger partial charge in [0.15, 0.2) is 11.5 Å². The summed E-state index contributed by atoms with van der Waals surface area (Å²) in [5.41, 5.74) is 0.294. The third-order valence-electron chi connectivity index (χ3n) is 2.20. The topological polar surface area (TPSA) is 31.4 Å². The van der Waals surface area contributed by atoms with Gasteiger partial charge in [-0.1, -0.05) is 11.6 Å². The maximum atomic E-state index is 12.2. The fraction of sp³-hybridized carbons (Fsp3) is 0.182. The monoisotopic (exact) mass is 277 g/mol. The van der Waals surface area contributed by atoms with Crippen LogP contribution in [0, 0.1) is 0 Å². The number of ether oxygens (including phenoxy) is 2. The van der Waals surface area contributed by atoms with E-state index in [1.807, 2.05) is 0 Å². The van der Waals surface area contributed by atoms with Gasteiger partial charge in [0.25, 0.3) is 0 Å². The van der Waals surface area contributed by atoms with Crippen molar-refractivity contribution in [3.63, 3.8) is 0 Å². The molecule has 3 nitrogen and oxygen atoms in total. The van der Waals surface area contributed by atoms with Gasteiger partial charge in [-0.3, -0.25) is 4.98 Å². The molecule has 0 aliphatic carbocycles. The Kier molecular flexibility index (Phi) is 3.21. The number of aromatic nitrogens is 1. The third-order valence-corrected chi connectivity index (χ3v) is 2.53. The van der Waals surface area contributed by atoms with Crippen LogP contribution in [-0.4, -0.2) is 18.5 Å². The highest BCUT2D eigenvalue weighted by Gasteiger charge is 2.32. The summed E-state index contributed by atoms with van der Waals surface area (Å²) in [4.78, 5) is 3.92. The Morgan fingerprint density at radius 2 is 1.94 bits per heavy atom.